The Bertz CT molecular complexity index is 891. The molecule has 3 aromatic rings. The molecular weight excluding hydrogens is 328 g/mol. The van der Waals surface area contributed by atoms with E-state index in [-0.39, 0.29) is 5.15 Å². The fourth-order valence-corrected chi connectivity index (χ4v) is 2.57. The summed E-state index contributed by atoms with van der Waals surface area (Å²) in [5.41, 5.74) is 2.56. The minimum atomic E-state index is -0.740. The Morgan fingerprint density at radius 3 is 2.83 bits per heavy atom. The van der Waals surface area contributed by atoms with Gasteiger partial charge in [-0.25, -0.2) is 4.98 Å². The van der Waals surface area contributed by atoms with Crippen molar-refractivity contribution in [2.75, 3.05) is 11.9 Å². The average Bonchev–Trinajstić information content (AvgIpc) is 2.98. The number of nitrogens with zero attached hydrogens (tertiary/aromatic N) is 1. The van der Waals surface area contributed by atoms with Gasteiger partial charge in [0.15, 0.2) is 0 Å². The fourth-order valence-electron chi connectivity index (χ4n) is 2.40. The fraction of sp³-hybridized carbons (Fsp3) is 0.118. The minimum absolute atomic E-state index is 0.243. The molecule has 0 bridgehead atoms. The summed E-state index contributed by atoms with van der Waals surface area (Å²) < 4.78 is 0. The monoisotopic (exact) mass is 342 g/mol. The lowest BCUT2D eigenvalue weighted by atomic mass is 10.1. The molecule has 0 aliphatic rings. The number of aromatic nitrogens is 2. The number of carbonyl (C=O) groups excluding carboxylic acids is 2. The molecule has 0 aliphatic heterocycles. The molecule has 3 N–H and O–H groups in total. The molecule has 1 aromatic carbocycles. The van der Waals surface area contributed by atoms with Crippen LogP contribution in [0.3, 0.4) is 0 Å². The maximum absolute atomic E-state index is 11.8. The van der Waals surface area contributed by atoms with Gasteiger partial charge < -0.3 is 15.6 Å². The van der Waals surface area contributed by atoms with E-state index in [0.29, 0.717) is 18.7 Å². The number of rotatable bonds is 4. The predicted molar refractivity (Wildman–Crippen MR) is 92.9 cm³/mol. The third-order valence-corrected chi connectivity index (χ3v) is 3.75. The van der Waals surface area contributed by atoms with Gasteiger partial charge in [-0.05, 0) is 30.2 Å². The first-order valence-corrected chi connectivity index (χ1v) is 7.77. The van der Waals surface area contributed by atoms with Crippen LogP contribution in [0.15, 0.2) is 48.8 Å². The first-order valence-electron chi connectivity index (χ1n) is 7.39. The number of fused-ring (bicyclic) bond motifs is 1. The van der Waals surface area contributed by atoms with Crippen LogP contribution in [0.25, 0.3) is 10.9 Å². The van der Waals surface area contributed by atoms with E-state index in [0.717, 1.165) is 16.5 Å². The minimum Gasteiger partial charge on any atom is -0.361 e. The molecule has 0 radical (unpaired) electrons. The number of halogens is 1. The molecule has 0 fully saturated rings. The number of aromatic amines is 1. The maximum atomic E-state index is 11.8. The Kier molecular flexibility index (Phi) is 4.77. The first-order chi connectivity index (χ1) is 11.6. The van der Waals surface area contributed by atoms with E-state index in [1.54, 1.807) is 6.07 Å². The van der Waals surface area contributed by atoms with Gasteiger partial charge in [-0.2, -0.15) is 0 Å². The van der Waals surface area contributed by atoms with E-state index in [1.807, 2.05) is 30.5 Å². The van der Waals surface area contributed by atoms with Crippen molar-refractivity contribution in [1.82, 2.24) is 15.3 Å². The lowest BCUT2D eigenvalue weighted by Gasteiger charge is -2.06. The zero-order chi connectivity index (χ0) is 16.9. The van der Waals surface area contributed by atoms with Gasteiger partial charge in [0.1, 0.15) is 5.15 Å². The van der Waals surface area contributed by atoms with Crippen LogP contribution in [-0.4, -0.2) is 28.3 Å². The van der Waals surface area contributed by atoms with Crippen molar-refractivity contribution >= 4 is 40.0 Å². The second kappa shape index (κ2) is 7.14. The number of carbonyl (C=O) groups is 2. The second-order valence-corrected chi connectivity index (χ2v) is 5.57. The van der Waals surface area contributed by atoms with Crippen molar-refractivity contribution in [3.8, 4) is 0 Å². The van der Waals surface area contributed by atoms with Crippen molar-refractivity contribution in [3.63, 3.8) is 0 Å². The van der Waals surface area contributed by atoms with Crippen molar-refractivity contribution in [3.05, 3.63) is 59.5 Å². The van der Waals surface area contributed by atoms with E-state index < -0.39 is 11.8 Å². The molecule has 3 rings (SSSR count). The van der Waals surface area contributed by atoms with Crippen LogP contribution in [-0.2, 0) is 16.0 Å². The molecule has 0 unspecified atom stereocenters. The number of amides is 2. The number of nitrogens with one attached hydrogen (secondary N) is 3. The molecule has 0 atom stereocenters. The van der Waals surface area contributed by atoms with Gasteiger partial charge in [0.05, 0.1) is 0 Å². The lowest BCUT2D eigenvalue weighted by Crippen LogP contribution is -2.36. The summed E-state index contributed by atoms with van der Waals surface area (Å²) in [6.07, 6.45) is 3.99. The van der Waals surface area contributed by atoms with Gasteiger partial charge in [-0.15, -0.1) is 0 Å². The Labute approximate surface area is 143 Å². The van der Waals surface area contributed by atoms with Gasteiger partial charge in [0, 0.05) is 35.5 Å². The van der Waals surface area contributed by atoms with Crippen molar-refractivity contribution in [1.29, 1.82) is 0 Å². The van der Waals surface area contributed by atoms with Crippen molar-refractivity contribution in [2.24, 2.45) is 0 Å². The normalized spacial score (nSPS) is 10.5. The van der Waals surface area contributed by atoms with Crippen LogP contribution in [0, 0.1) is 0 Å². The molecule has 2 aromatic heterocycles. The molecule has 24 heavy (non-hydrogen) atoms. The molecule has 2 heterocycles. The molecule has 6 nitrogen and oxygen atoms in total. The highest BCUT2D eigenvalue weighted by atomic mass is 35.5. The van der Waals surface area contributed by atoms with Crippen LogP contribution in [0.2, 0.25) is 5.15 Å². The highest BCUT2D eigenvalue weighted by Gasteiger charge is 2.13. The Balaban J connectivity index is 1.53. The second-order valence-electron chi connectivity index (χ2n) is 5.19. The van der Waals surface area contributed by atoms with E-state index in [2.05, 4.69) is 20.6 Å². The van der Waals surface area contributed by atoms with E-state index in [4.69, 9.17) is 11.6 Å². The largest absolute Gasteiger partial charge is 0.361 e. The zero-order valence-electron chi connectivity index (χ0n) is 12.7. The molecular formula is C17H15ClN4O2. The molecule has 122 valence electrons. The Morgan fingerprint density at radius 1 is 1.17 bits per heavy atom. The molecule has 0 saturated carbocycles. The summed E-state index contributed by atoms with van der Waals surface area (Å²) in [6.45, 7) is 0.366. The van der Waals surface area contributed by atoms with E-state index in [9.17, 15) is 9.59 Å². The van der Waals surface area contributed by atoms with Crippen molar-refractivity contribution in [2.45, 2.75) is 6.42 Å². The molecule has 0 spiro atoms. The SMILES string of the molecule is O=C(NCCc1c[nH]c2ccccc12)C(=O)Nc1ccnc(Cl)c1. The number of anilines is 1. The van der Waals surface area contributed by atoms with E-state index >= 15 is 0 Å². The van der Waals surface area contributed by atoms with Gasteiger partial charge >= 0.3 is 11.8 Å². The molecule has 0 saturated heterocycles. The number of H-pyrrole nitrogens is 1. The predicted octanol–water partition coefficient (Wildman–Crippen LogP) is 2.51. The third-order valence-electron chi connectivity index (χ3n) is 3.55. The number of hydrogen-bond donors (Lipinski definition) is 3. The van der Waals surface area contributed by atoms with Crippen LogP contribution in [0.4, 0.5) is 5.69 Å². The molecule has 7 heteroatoms. The first kappa shape index (κ1) is 16.0. The standard InChI is InChI=1S/C17H15ClN4O2/c18-15-9-12(6-8-19-15)22-17(24)16(23)20-7-5-11-10-21-14-4-2-1-3-13(11)14/h1-4,6,8-10,21H,5,7H2,(H,20,23)(H,19,22,24). The lowest BCUT2D eigenvalue weighted by molar-refractivity contribution is -0.136. The number of benzene rings is 1. The summed E-state index contributed by atoms with van der Waals surface area (Å²) in [5.74, 6) is -1.43. The quantitative estimate of drug-likeness (QED) is 0.503. The topological polar surface area (TPSA) is 86.9 Å². The van der Waals surface area contributed by atoms with Gasteiger partial charge in [0.2, 0.25) is 0 Å². The summed E-state index contributed by atoms with van der Waals surface area (Å²) in [5, 5.41) is 6.44. The highest BCUT2D eigenvalue weighted by molar-refractivity contribution is 6.39. The summed E-state index contributed by atoms with van der Waals surface area (Å²) in [6, 6.07) is 11.0. The van der Waals surface area contributed by atoms with Crippen LogP contribution >= 0.6 is 11.6 Å². The summed E-state index contributed by atoms with van der Waals surface area (Å²) >= 11 is 5.73. The van der Waals surface area contributed by atoms with E-state index in [1.165, 1.54) is 12.3 Å². The van der Waals surface area contributed by atoms with Crippen LogP contribution in [0.5, 0.6) is 0 Å². The summed E-state index contributed by atoms with van der Waals surface area (Å²) in [7, 11) is 0. The van der Waals surface area contributed by atoms with Crippen LogP contribution in [0.1, 0.15) is 5.56 Å². The maximum Gasteiger partial charge on any atom is 0.313 e. The zero-order valence-corrected chi connectivity index (χ0v) is 13.4. The number of pyridine rings is 1. The van der Waals surface area contributed by atoms with Crippen LogP contribution < -0.4 is 10.6 Å². The van der Waals surface area contributed by atoms with Gasteiger partial charge in [0.25, 0.3) is 0 Å². The highest BCUT2D eigenvalue weighted by Crippen LogP contribution is 2.17. The number of hydrogen-bond acceptors (Lipinski definition) is 3. The smallest absolute Gasteiger partial charge is 0.313 e. The summed E-state index contributed by atoms with van der Waals surface area (Å²) in [4.78, 5) is 30.7. The third kappa shape index (κ3) is 3.72. The molecule has 0 aliphatic carbocycles. The van der Waals surface area contributed by atoms with Gasteiger partial charge in [-0.3, -0.25) is 9.59 Å². The average molecular weight is 343 g/mol. The molecule has 2 amide bonds. The Morgan fingerprint density at radius 2 is 2.00 bits per heavy atom. The van der Waals surface area contributed by atoms with Gasteiger partial charge in [-0.1, -0.05) is 29.8 Å². The van der Waals surface area contributed by atoms with Crippen molar-refractivity contribution < 1.29 is 9.59 Å². The Hall–Kier alpha value is -2.86. The number of para-hydroxylation sites is 1.